The molecule has 1 aromatic heterocycles. The Bertz CT molecular complexity index is 946. The van der Waals surface area contributed by atoms with Crippen molar-refractivity contribution in [1.29, 1.82) is 0 Å². The van der Waals surface area contributed by atoms with Gasteiger partial charge in [0.25, 0.3) is 0 Å². The maximum absolute atomic E-state index is 11.2. The van der Waals surface area contributed by atoms with Crippen molar-refractivity contribution in [3.8, 4) is 17.6 Å². The molecule has 0 bridgehead atoms. The van der Waals surface area contributed by atoms with Crippen molar-refractivity contribution in [2.45, 2.75) is 11.8 Å². The third-order valence-electron chi connectivity index (χ3n) is 3.36. The van der Waals surface area contributed by atoms with Gasteiger partial charge >= 0.3 is 5.63 Å². The molecule has 0 unspecified atom stereocenters. The molecule has 0 spiro atoms. The van der Waals surface area contributed by atoms with Crippen molar-refractivity contribution in [2.75, 3.05) is 12.4 Å². The first-order valence-corrected chi connectivity index (χ1v) is 8.51. The van der Waals surface area contributed by atoms with Gasteiger partial charge in [0.05, 0.1) is 5.75 Å². The molecular formula is C20H16O3S. The predicted octanol–water partition coefficient (Wildman–Crippen LogP) is 4.28. The van der Waals surface area contributed by atoms with E-state index in [9.17, 15) is 4.79 Å². The van der Waals surface area contributed by atoms with Crippen molar-refractivity contribution in [2.24, 2.45) is 0 Å². The first kappa shape index (κ1) is 16.2. The summed E-state index contributed by atoms with van der Waals surface area (Å²) in [7, 11) is 0. The Morgan fingerprint density at radius 1 is 1.04 bits per heavy atom. The van der Waals surface area contributed by atoms with Gasteiger partial charge < -0.3 is 9.15 Å². The Labute approximate surface area is 144 Å². The quantitative estimate of drug-likeness (QED) is 0.405. The van der Waals surface area contributed by atoms with Gasteiger partial charge in [-0.2, -0.15) is 0 Å². The van der Waals surface area contributed by atoms with Crippen molar-refractivity contribution in [1.82, 2.24) is 0 Å². The lowest BCUT2D eigenvalue weighted by molar-refractivity contribution is 0.370. The maximum Gasteiger partial charge on any atom is 0.336 e. The molecule has 0 aliphatic carbocycles. The molecule has 0 saturated carbocycles. The highest BCUT2D eigenvalue weighted by atomic mass is 32.2. The van der Waals surface area contributed by atoms with Crippen LogP contribution in [-0.2, 0) is 0 Å². The SMILES string of the molecule is Cc1ccc(OCC#CCSc2ccc3oc(=O)ccc3c2)cc1. The number of benzene rings is 2. The van der Waals surface area contributed by atoms with Gasteiger partial charge in [-0.3, -0.25) is 0 Å². The molecule has 2 aromatic carbocycles. The average molecular weight is 336 g/mol. The molecule has 0 aliphatic rings. The van der Waals surface area contributed by atoms with Crippen molar-refractivity contribution >= 4 is 22.7 Å². The van der Waals surface area contributed by atoms with Gasteiger partial charge in [0, 0.05) is 16.3 Å². The van der Waals surface area contributed by atoms with Crippen LogP contribution in [0.5, 0.6) is 5.75 Å². The molecule has 0 amide bonds. The Kier molecular flexibility index (Phi) is 5.25. The summed E-state index contributed by atoms with van der Waals surface area (Å²) in [5, 5.41) is 0.912. The van der Waals surface area contributed by atoms with Crippen LogP contribution in [0.25, 0.3) is 11.0 Å². The van der Waals surface area contributed by atoms with E-state index in [2.05, 4.69) is 11.8 Å². The minimum atomic E-state index is -0.331. The fourth-order valence-corrected chi connectivity index (χ4v) is 2.83. The largest absolute Gasteiger partial charge is 0.481 e. The standard InChI is InChI=1S/C20H16O3S/c1-15-4-7-17(8-5-15)22-12-2-3-13-24-18-9-10-19-16(14-18)6-11-20(21)23-19/h4-11,14H,12-13H2,1H3. The zero-order chi connectivity index (χ0) is 16.8. The smallest absolute Gasteiger partial charge is 0.336 e. The molecule has 0 N–H and O–H groups in total. The van der Waals surface area contributed by atoms with Crippen LogP contribution in [0.15, 0.2) is 68.7 Å². The topological polar surface area (TPSA) is 39.4 Å². The van der Waals surface area contributed by atoms with E-state index in [4.69, 9.17) is 9.15 Å². The highest BCUT2D eigenvalue weighted by molar-refractivity contribution is 7.99. The van der Waals surface area contributed by atoms with Gasteiger partial charge in [-0.1, -0.05) is 29.5 Å². The summed E-state index contributed by atoms with van der Waals surface area (Å²) in [6.07, 6.45) is 0. The molecule has 0 fully saturated rings. The Morgan fingerprint density at radius 3 is 2.71 bits per heavy atom. The second-order valence-corrected chi connectivity index (χ2v) is 6.25. The van der Waals surface area contributed by atoms with Gasteiger partial charge in [-0.25, -0.2) is 4.79 Å². The van der Waals surface area contributed by atoms with E-state index < -0.39 is 0 Å². The molecule has 4 heteroatoms. The minimum Gasteiger partial charge on any atom is -0.481 e. The maximum atomic E-state index is 11.2. The number of rotatable bonds is 4. The number of hydrogen-bond acceptors (Lipinski definition) is 4. The van der Waals surface area contributed by atoms with Crippen LogP contribution in [-0.4, -0.2) is 12.4 Å². The normalized spacial score (nSPS) is 10.2. The van der Waals surface area contributed by atoms with Gasteiger partial charge in [-0.05, 0) is 43.3 Å². The third-order valence-corrected chi connectivity index (χ3v) is 4.23. The number of aryl methyl sites for hydroxylation is 1. The second kappa shape index (κ2) is 7.76. The van der Waals surface area contributed by atoms with Crippen molar-refractivity contribution in [3.05, 3.63) is 70.6 Å². The predicted molar refractivity (Wildman–Crippen MR) is 97.7 cm³/mol. The molecule has 1 heterocycles. The summed E-state index contributed by atoms with van der Waals surface area (Å²) in [4.78, 5) is 12.2. The summed E-state index contributed by atoms with van der Waals surface area (Å²) in [6.45, 7) is 2.42. The van der Waals surface area contributed by atoms with Crippen molar-refractivity contribution in [3.63, 3.8) is 0 Å². The number of thioether (sulfide) groups is 1. The van der Waals surface area contributed by atoms with Crippen LogP contribution >= 0.6 is 11.8 Å². The molecule has 0 radical (unpaired) electrons. The molecule has 120 valence electrons. The Morgan fingerprint density at radius 2 is 1.88 bits per heavy atom. The molecule has 0 atom stereocenters. The lowest BCUT2D eigenvalue weighted by Gasteiger charge is -2.01. The van der Waals surface area contributed by atoms with Gasteiger partial charge in [0.2, 0.25) is 0 Å². The van der Waals surface area contributed by atoms with Crippen LogP contribution in [0.1, 0.15) is 5.56 Å². The van der Waals surface area contributed by atoms with E-state index in [1.165, 1.54) is 11.6 Å². The number of fused-ring (bicyclic) bond motifs is 1. The molecule has 3 aromatic rings. The summed E-state index contributed by atoms with van der Waals surface area (Å²) in [6, 6.07) is 16.9. The van der Waals surface area contributed by atoms with Crippen LogP contribution in [0.3, 0.4) is 0 Å². The first-order chi connectivity index (χ1) is 11.7. The van der Waals surface area contributed by atoms with E-state index in [1.54, 1.807) is 17.8 Å². The molecular weight excluding hydrogens is 320 g/mol. The molecule has 0 aliphatic heterocycles. The van der Waals surface area contributed by atoms with Gasteiger partial charge in [-0.15, -0.1) is 11.8 Å². The van der Waals surface area contributed by atoms with E-state index in [0.29, 0.717) is 17.9 Å². The monoisotopic (exact) mass is 336 g/mol. The molecule has 0 saturated heterocycles. The van der Waals surface area contributed by atoms with E-state index in [0.717, 1.165) is 16.0 Å². The Balaban J connectivity index is 1.50. The Hall–Kier alpha value is -2.64. The third kappa shape index (κ3) is 4.43. The lowest BCUT2D eigenvalue weighted by atomic mass is 10.2. The van der Waals surface area contributed by atoms with Gasteiger partial charge in [0.15, 0.2) is 0 Å². The molecule has 3 rings (SSSR count). The fourth-order valence-electron chi connectivity index (χ4n) is 2.12. The minimum absolute atomic E-state index is 0.331. The lowest BCUT2D eigenvalue weighted by Crippen LogP contribution is -1.94. The second-order valence-electron chi connectivity index (χ2n) is 5.20. The summed E-state index contributed by atoms with van der Waals surface area (Å²) in [5.41, 5.74) is 1.48. The number of ether oxygens (including phenoxy) is 1. The zero-order valence-corrected chi connectivity index (χ0v) is 14.1. The zero-order valence-electron chi connectivity index (χ0n) is 13.2. The highest BCUT2D eigenvalue weighted by Crippen LogP contribution is 2.22. The van der Waals surface area contributed by atoms with E-state index in [1.807, 2.05) is 49.4 Å². The van der Waals surface area contributed by atoms with Crippen LogP contribution in [0.2, 0.25) is 0 Å². The van der Waals surface area contributed by atoms with Crippen LogP contribution in [0.4, 0.5) is 0 Å². The summed E-state index contributed by atoms with van der Waals surface area (Å²) in [5.74, 6) is 7.61. The fraction of sp³-hybridized carbons (Fsp3) is 0.150. The van der Waals surface area contributed by atoms with Crippen LogP contribution in [0, 0.1) is 18.8 Å². The average Bonchev–Trinajstić information content (AvgIpc) is 2.59. The van der Waals surface area contributed by atoms with Gasteiger partial charge in [0.1, 0.15) is 17.9 Å². The van der Waals surface area contributed by atoms with Crippen LogP contribution < -0.4 is 10.4 Å². The highest BCUT2D eigenvalue weighted by Gasteiger charge is 1.99. The molecule has 3 nitrogen and oxygen atoms in total. The summed E-state index contributed by atoms with van der Waals surface area (Å²) >= 11 is 1.64. The van der Waals surface area contributed by atoms with Crippen molar-refractivity contribution < 1.29 is 9.15 Å². The molecule has 24 heavy (non-hydrogen) atoms. The summed E-state index contributed by atoms with van der Waals surface area (Å²) < 4.78 is 10.7. The first-order valence-electron chi connectivity index (χ1n) is 7.53. The van der Waals surface area contributed by atoms with E-state index in [-0.39, 0.29) is 5.63 Å². The van der Waals surface area contributed by atoms with E-state index >= 15 is 0 Å². The number of hydrogen-bond donors (Lipinski definition) is 0.